The van der Waals surface area contributed by atoms with Crippen LogP contribution in [0.15, 0.2) is 10.7 Å². The molecule has 3 N–H and O–H groups in total. The number of halogens is 1. The summed E-state index contributed by atoms with van der Waals surface area (Å²) in [5.41, 5.74) is 0. The van der Waals surface area contributed by atoms with E-state index in [0.717, 1.165) is 17.4 Å². The van der Waals surface area contributed by atoms with Gasteiger partial charge in [-0.15, -0.1) is 0 Å². The van der Waals surface area contributed by atoms with Gasteiger partial charge in [-0.25, -0.2) is 4.98 Å². The highest BCUT2D eigenvalue weighted by Gasteiger charge is 2.14. The van der Waals surface area contributed by atoms with Gasteiger partial charge in [-0.05, 0) is 28.3 Å². The number of hydrogen-bond acceptors (Lipinski definition) is 5. The average molecular weight is 317 g/mol. The zero-order valence-corrected chi connectivity index (χ0v) is 12.7. The fraction of sp³-hybridized carbons (Fsp3) is 0.667. The molecule has 0 aliphatic rings. The van der Waals surface area contributed by atoms with Crippen molar-refractivity contribution in [3.8, 4) is 0 Å². The molecule has 0 aliphatic heterocycles. The van der Waals surface area contributed by atoms with Crippen LogP contribution in [0.25, 0.3) is 0 Å². The molecule has 1 heterocycles. The van der Waals surface area contributed by atoms with E-state index in [-0.39, 0.29) is 12.6 Å². The van der Waals surface area contributed by atoms with Crippen molar-refractivity contribution >= 4 is 27.7 Å². The van der Waals surface area contributed by atoms with E-state index in [0.29, 0.717) is 17.7 Å². The Morgan fingerprint density at radius 2 is 2.17 bits per heavy atom. The molecule has 1 aromatic heterocycles. The Morgan fingerprint density at radius 1 is 1.44 bits per heavy atom. The van der Waals surface area contributed by atoms with Gasteiger partial charge in [0.1, 0.15) is 5.82 Å². The maximum atomic E-state index is 9.32. The van der Waals surface area contributed by atoms with Crippen molar-refractivity contribution in [2.24, 2.45) is 5.92 Å². The Labute approximate surface area is 117 Å². The Morgan fingerprint density at radius 3 is 2.72 bits per heavy atom. The summed E-state index contributed by atoms with van der Waals surface area (Å²) in [6.45, 7) is 7.12. The summed E-state index contributed by atoms with van der Waals surface area (Å²) in [6.07, 6.45) is 2.73. The Hall–Kier alpha value is -0.880. The van der Waals surface area contributed by atoms with Crippen LogP contribution in [0.3, 0.4) is 0 Å². The fourth-order valence-corrected chi connectivity index (χ4v) is 1.69. The molecule has 0 bridgehead atoms. The van der Waals surface area contributed by atoms with Crippen LogP contribution >= 0.6 is 15.9 Å². The lowest BCUT2D eigenvalue weighted by Crippen LogP contribution is -2.30. The molecule has 0 fully saturated rings. The lowest BCUT2D eigenvalue weighted by atomic mass is 10.1. The number of anilines is 2. The highest BCUT2D eigenvalue weighted by atomic mass is 79.9. The van der Waals surface area contributed by atoms with E-state index in [2.05, 4.69) is 57.3 Å². The molecule has 18 heavy (non-hydrogen) atoms. The summed E-state index contributed by atoms with van der Waals surface area (Å²) in [6, 6.07) is -0.0183. The lowest BCUT2D eigenvalue weighted by Gasteiger charge is -2.21. The minimum atomic E-state index is -0.0183. The van der Waals surface area contributed by atoms with Crippen molar-refractivity contribution in [1.29, 1.82) is 0 Å². The molecular formula is C12H21BrN4O. The lowest BCUT2D eigenvalue weighted by molar-refractivity contribution is 0.249. The van der Waals surface area contributed by atoms with Crippen molar-refractivity contribution in [2.45, 2.75) is 33.2 Å². The van der Waals surface area contributed by atoms with Gasteiger partial charge in [0, 0.05) is 12.7 Å². The molecule has 0 saturated heterocycles. The largest absolute Gasteiger partial charge is 0.394 e. The molecule has 0 unspecified atom stereocenters. The minimum Gasteiger partial charge on any atom is -0.394 e. The van der Waals surface area contributed by atoms with Crippen molar-refractivity contribution in [3.63, 3.8) is 0 Å². The molecule has 1 aromatic rings. The molecule has 5 nitrogen and oxygen atoms in total. The van der Waals surface area contributed by atoms with Crippen LogP contribution in [-0.2, 0) is 0 Å². The van der Waals surface area contributed by atoms with E-state index in [1.54, 1.807) is 6.20 Å². The second kappa shape index (κ2) is 7.53. The summed E-state index contributed by atoms with van der Waals surface area (Å²) < 4.78 is 0.795. The predicted molar refractivity (Wildman–Crippen MR) is 77.8 cm³/mol. The van der Waals surface area contributed by atoms with Gasteiger partial charge in [-0.3, -0.25) is 0 Å². The number of aliphatic hydroxyl groups excluding tert-OH is 1. The van der Waals surface area contributed by atoms with Gasteiger partial charge >= 0.3 is 0 Å². The zero-order valence-electron chi connectivity index (χ0n) is 11.1. The van der Waals surface area contributed by atoms with Gasteiger partial charge in [0.15, 0.2) is 0 Å². The predicted octanol–water partition coefficient (Wildman–Crippen LogP) is 2.49. The minimum absolute atomic E-state index is 0.0183. The van der Waals surface area contributed by atoms with Crippen LogP contribution in [0.5, 0.6) is 0 Å². The van der Waals surface area contributed by atoms with Gasteiger partial charge in [0.2, 0.25) is 5.95 Å². The van der Waals surface area contributed by atoms with Crippen molar-refractivity contribution in [2.75, 3.05) is 23.8 Å². The molecular weight excluding hydrogens is 296 g/mol. The van der Waals surface area contributed by atoms with Crippen molar-refractivity contribution in [1.82, 2.24) is 9.97 Å². The summed E-state index contributed by atoms with van der Waals surface area (Å²) >= 11 is 3.41. The fourth-order valence-electron chi connectivity index (χ4n) is 1.39. The van der Waals surface area contributed by atoms with Gasteiger partial charge in [0.25, 0.3) is 0 Å². The molecule has 102 valence electrons. The van der Waals surface area contributed by atoms with E-state index in [9.17, 15) is 5.11 Å². The molecule has 0 saturated carbocycles. The zero-order chi connectivity index (χ0) is 13.5. The Kier molecular flexibility index (Phi) is 6.35. The summed E-state index contributed by atoms with van der Waals surface area (Å²) in [4.78, 5) is 8.57. The third-order valence-corrected chi connectivity index (χ3v) is 3.18. The van der Waals surface area contributed by atoms with Crippen molar-refractivity contribution < 1.29 is 5.11 Å². The normalized spacial score (nSPS) is 12.6. The molecule has 6 heteroatoms. The van der Waals surface area contributed by atoms with E-state index in [1.807, 2.05) is 0 Å². The van der Waals surface area contributed by atoms with E-state index < -0.39 is 0 Å². The van der Waals surface area contributed by atoms with Gasteiger partial charge < -0.3 is 15.7 Å². The van der Waals surface area contributed by atoms with E-state index >= 15 is 0 Å². The number of nitrogens with one attached hydrogen (secondary N) is 2. The first-order valence-electron chi connectivity index (χ1n) is 6.22. The molecule has 0 radical (unpaired) electrons. The first-order chi connectivity index (χ1) is 8.58. The molecule has 0 aromatic carbocycles. The second-order valence-corrected chi connectivity index (χ2v) is 5.35. The molecule has 1 atom stereocenters. The van der Waals surface area contributed by atoms with Crippen LogP contribution in [-0.4, -0.2) is 34.3 Å². The number of rotatable bonds is 7. The van der Waals surface area contributed by atoms with Gasteiger partial charge in [-0.2, -0.15) is 4.98 Å². The Bertz CT molecular complexity index is 373. The smallest absolute Gasteiger partial charge is 0.224 e. The summed E-state index contributed by atoms with van der Waals surface area (Å²) in [5.74, 6) is 1.63. The third-order valence-electron chi connectivity index (χ3n) is 2.60. The molecule has 0 aliphatic carbocycles. The molecule has 1 rings (SSSR count). The second-order valence-electron chi connectivity index (χ2n) is 4.49. The molecule has 0 amide bonds. The van der Waals surface area contributed by atoms with Gasteiger partial charge in [-0.1, -0.05) is 20.8 Å². The van der Waals surface area contributed by atoms with Crippen LogP contribution in [0.4, 0.5) is 11.8 Å². The highest BCUT2D eigenvalue weighted by molar-refractivity contribution is 9.10. The highest BCUT2D eigenvalue weighted by Crippen LogP contribution is 2.22. The maximum absolute atomic E-state index is 9.32. The van der Waals surface area contributed by atoms with Crippen LogP contribution in [0, 0.1) is 5.92 Å². The van der Waals surface area contributed by atoms with E-state index in [1.165, 1.54) is 0 Å². The Balaban J connectivity index is 2.79. The third kappa shape index (κ3) is 4.42. The summed E-state index contributed by atoms with van der Waals surface area (Å²) in [5, 5.41) is 15.7. The quantitative estimate of drug-likeness (QED) is 0.721. The standard InChI is InChI=1S/C12H21BrN4O/c1-4-5-14-12-15-6-9(13)11(17-12)16-10(7-18)8(2)3/h6,8,10,18H,4-5,7H2,1-3H3,(H2,14,15,16,17)/t10-/m1/s1. The number of aromatic nitrogens is 2. The monoisotopic (exact) mass is 316 g/mol. The first-order valence-corrected chi connectivity index (χ1v) is 7.01. The average Bonchev–Trinajstić information content (AvgIpc) is 2.35. The maximum Gasteiger partial charge on any atom is 0.224 e. The van der Waals surface area contributed by atoms with E-state index in [4.69, 9.17) is 0 Å². The molecule has 0 spiro atoms. The van der Waals surface area contributed by atoms with Gasteiger partial charge in [0.05, 0.1) is 17.1 Å². The van der Waals surface area contributed by atoms with Crippen LogP contribution < -0.4 is 10.6 Å². The first kappa shape index (κ1) is 15.2. The van der Waals surface area contributed by atoms with Crippen molar-refractivity contribution in [3.05, 3.63) is 10.7 Å². The SMILES string of the molecule is CCCNc1ncc(Br)c(N[C@H](CO)C(C)C)n1. The van der Waals surface area contributed by atoms with Crippen LogP contribution in [0.1, 0.15) is 27.2 Å². The van der Waals surface area contributed by atoms with Crippen LogP contribution in [0.2, 0.25) is 0 Å². The topological polar surface area (TPSA) is 70.1 Å². The number of nitrogens with zero attached hydrogens (tertiary/aromatic N) is 2. The number of aliphatic hydroxyl groups is 1. The summed E-state index contributed by atoms with van der Waals surface area (Å²) in [7, 11) is 0. The number of hydrogen-bond donors (Lipinski definition) is 3.